The zero-order valence-electron chi connectivity index (χ0n) is 11.2. The Bertz CT molecular complexity index is 683. The third-order valence-corrected chi connectivity index (χ3v) is 4.47. The Kier molecular flexibility index (Phi) is 4.12. The summed E-state index contributed by atoms with van der Waals surface area (Å²) in [6.45, 7) is 3.81. The first kappa shape index (κ1) is 14.6. The lowest BCUT2D eigenvalue weighted by atomic mass is 10.1. The van der Waals surface area contributed by atoms with Crippen LogP contribution in [0.1, 0.15) is 29.9 Å². The lowest BCUT2D eigenvalue weighted by Crippen LogP contribution is -2.27. The van der Waals surface area contributed by atoms with Crippen molar-refractivity contribution in [3.8, 4) is 0 Å². The number of hydrogen-bond acceptors (Lipinski definition) is 6. The maximum atomic E-state index is 12.3. The predicted octanol–water partition coefficient (Wildman–Crippen LogP) is 0.00632. The second-order valence-electron chi connectivity index (χ2n) is 4.41. The maximum absolute atomic E-state index is 12.3. The summed E-state index contributed by atoms with van der Waals surface area (Å²) in [5.41, 5.74) is 7.34. The Hall–Kier alpha value is -1.84. The van der Waals surface area contributed by atoms with E-state index >= 15 is 0 Å². The van der Waals surface area contributed by atoms with Crippen molar-refractivity contribution in [2.75, 3.05) is 0 Å². The SMILES string of the molecule is Cc1ccc(S(=O)(=O)NC(C)c2nn[nH]n2)cc1CN. The molecule has 0 aliphatic rings. The van der Waals surface area contributed by atoms with Gasteiger partial charge in [-0.05, 0) is 37.1 Å². The van der Waals surface area contributed by atoms with Crippen LogP contribution in [-0.2, 0) is 16.6 Å². The fraction of sp³-hybridized carbons (Fsp3) is 0.364. The van der Waals surface area contributed by atoms with Crippen LogP contribution in [0.3, 0.4) is 0 Å². The molecule has 1 atom stereocenters. The zero-order valence-corrected chi connectivity index (χ0v) is 12.0. The molecular weight excluding hydrogens is 280 g/mol. The highest BCUT2D eigenvalue weighted by atomic mass is 32.2. The molecule has 0 bridgehead atoms. The standard InChI is InChI=1S/C11H16N6O2S/c1-7-3-4-10(5-9(7)6-12)20(18,19)15-8(2)11-13-16-17-14-11/h3-5,8,15H,6,12H2,1-2H3,(H,13,14,16,17). The maximum Gasteiger partial charge on any atom is 0.241 e. The number of nitrogens with zero attached hydrogens (tertiary/aromatic N) is 3. The first-order valence-corrected chi connectivity index (χ1v) is 7.47. The largest absolute Gasteiger partial charge is 0.326 e. The lowest BCUT2D eigenvalue weighted by molar-refractivity contribution is 0.560. The van der Waals surface area contributed by atoms with Gasteiger partial charge in [-0.15, -0.1) is 10.2 Å². The smallest absolute Gasteiger partial charge is 0.241 e. The van der Waals surface area contributed by atoms with Crippen LogP contribution in [0.4, 0.5) is 0 Å². The van der Waals surface area contributed by atoms with Crippen LogP contribution in [0.5, 0.6) is 0 Å². The number of aryl methyl sites for hydroxylation is 1. The molecule has 0 radical (unpaired) electrons. The van der Waals surface area contributed by atoms with Crippen molar-refractivity contribution in [3.63, 3.8) is 0 Å². The molecule has 0 spiro atoms. The van der Waals surface area contributed by atoms with E-state index in [0.29, 0.717) is 0 Å². The average molecular weight is 296 g/mol. The highest BCUT2D eigenvalue weighted by molar-refractivity contribution is 7.89. The van der Waals surface area contributed by atoms with Gasteiger partial charge in [-0.1, -0.05) is 11.3 Å². The van der Waals surface area contributed by atoms with Crippen LogP contribution < -0.4 is 10.5 Å². The molecule has 1 aromatic heterocycles. The van der Waals surface area contributed by atoms with Gasteiger partial charge in [0, 0.05) is 6.54 Å². The van der Waals surface area contributed by atoms with E-state index in [2.05, 4.69) is 25.3 Å². The van der Waals surface area contributed by atoms with Crippen LogP contribution in [0.15, 0.2) is 23.1 Å². The van der Waals surface area contributed by atoms with Gasteiger partial charge in [-0.25, -0.2) is 13.1 Å². The molecule has 2 aromatic rings. The van der Waals surface area contributed by atoms with E-state index in [9.17, 15) is 8.42 Å². The Morgan fingerprint density at radius 3 is 2.80 bits per heavy atom. The summed E-state index contributed by atoms with van der Waals surface area (Å²) in [7, 11) is -3.66. The van der Waals surface area contributed by atoms with Gasteiger partial charge in [0.1, 0.15) is 0 Å². The summed E-state index contributed by atoms with van der Waals surface area (Å²) in [4.78, 5) is 0.166. The minimum atomic E-state index is -3.66. The molecule has 1 unspecified atom stereocenters. The van der Waals surface area contributed by atoms with E-state index in [1.54, 1.807) is 25.1 Å². The minimum absolute atomic E-state index is 0.166. The van der Waals surface area contributed by atoms with Crippen LogP contribution in [0.2, 0.25) is 0 Å². The molecule has 1 aromatic carbocycles. The molecule has 108 valence electrons. The summed E-state index contributed by atoms with van der Waals surface area (Å²) in [5, 5.41) is 13.2. The van der Waals surface area contributed by atoms with Gasteiger partial charge in [-0.2, -0.15) is 5.21 Å². The van der Waals surface area contributed by atoms with E-state index in [0.717, 1.165) is 11.1 Å². The first-order chi connectivity index (χ1) is 9.44. The number of benzene rings is 1. The van der Waals surface area contributed by atoms with Crippen LogP contribution in [0.25, 0.3) is 0 Å². The van der Waals surface area contributed by atoms with Crippen molar-refractivity contribution in [1.29, 1.82) is 0 Å². The van der Waals surface area contributed by atoms with E-state index in [-0.39, 0.29) is 17.3 Å². The Balaban J connectivity index is 2.26. The number of sulfonamides is 1. The lowest BCUT2D eigenvalue weighted by Gasteiger charge is -2.12. The van der Waals surface area contributed by atoms with Gasteiger partial charge >= 0.3 is 0 Å². The average Bonchev–Trinajstić information content (AvgIpc) is 2.92. The second kappa shape index (κ2) is 5.65. The number of aromatic nitrogens is 4. The van der Waals surface area contributed by atoms with E-state index < -0.39 is 16.1 Å². The van der Waals surface area contributed by atoms with Gasteiger partial charge in [0.25, 0.3) is 0 Å². The number of aromatic amines is 1. The van der Waals surface area contributed by atoms with Crippen molar-refractivity contribution in [2.24, 2.45) is 5.73 Å². The molecule has 2 rings (SSSR count). The molecule has 4 N–H and O–H groups in total. The Morgan fingerprint density at radius 2 is 2.20 bits per heavy atom. The Labute approximate surface area is 116 Å². The van der Waals surface area contributed by atoms with Crippen molar-refractivity contribution >= 4 is 10.0 Å². The molecule has 0 saturated heterocycles. The van der Waals surface area contributed by atoms with Crippen molar-refractivity contribution < 1.29 is 8.42 Å². The fourth-order valence-electron chi connectivity index (χ4n) is 1.74. The third kappa shape index (κ3) is 3.00. The van der Waals surface area contributed by atoms with Gasteiger partial charge < -0.3 is 5.73 Å². The fourth-order valence-corrected chi connectivity index (χ4v) is 2.99. The van der Waals surface area contributed by atoms with Crippen molar-refractivity contribution in [2.45, 2.75) is 31.3 Å². The molecule has 1 heterocycles. The zero-order chi connectivity index (χ0) is 14.8. The van der Waals surface area contributed by atoms with Gasteiger partial charge in [0.05, 0.1) is 10.9 Å². The molecule has 0 saturated carbocycles. The van der Waals surface area contributed by atoms with Gasteiger partial charge in [0.2, 0.25) is 10.0 Å². The number of H-pyrrole nitrogens is 1. The molecular formula is C11H16N6O2S. The summed E-state index contributed by atoms with van der Waals surface area (Å²) >= 11 is 0. The van der Waals surface area contributed by atoms with E-state index in [4.69, 9.17) is 5.73 Å². The topological polar surface area (TPSA) is 127 Å². The van der Waals surface area contributed by atoms with Gasteiger partial charge in [0.15, 0.2) is 5.82 Å². The van der Waals surface area contributed by atoms with Gasteiger partial charge in [-0.3, -0.25) is 0 Å². The minimum Gasteiger partial charge on any atom is -0.326 e. The predicted molar refractivity (Wildman–Crippen MR) is 72.0 cm³/mol. The van der Waals surface area contributed by atoms with E-state index in [1.807, 2.05) is 6.92 Å². The van der Waals surface area contributed by atoms with Crippen LogP contribution >= 0.6 is 0 Å². The van der Waals surface area contributed by atoms with Crippen molar-refractivity contribution in [3.05, 3.63) is 35.2 Å². The quantitative estimate of drug-likeness (QED) is 0.713. The molecule has 0 amide bonds. The van der Waals surface area contributed by atoms with Crippen LogP contribution in [-0.4, -0.2) is 29.0 Å². The van der Waals surface area contributed by atoms with E-state index in [1.165, 1.54) is 0 Å². The highest BCUT2D eigenvalue weighted by Gasteiger charge is 2.21. The molecule has 0 aliphatic carbocycles. The number of nitrogens with two attached hydrogens (primary N) is 1. The molecule has 0 aliphatic heterocycles. The first-order valence-electron chi connectivity index (χ1n) is 5.99. The summed E-state index contributed by atoms with van der Waals surface area (Å²) in [6.07, 6.45) is 0. The molecule has 0 fully saturated rings. The molecule has 9 heteroatoms. The summed E-state index contributed by atoms with van der Waals surface area (Å²) in [5.74, 6) is 0.278. The second-order valence-corrected chi connectivity index (χ2v) is 6.12. The van der Waals surface area contributed by atoms with Crippen molar-refractivity contribution in [1.82, 2.24) is 25.3 Å². The highest BCUT2D eigenvalue weighted by Crippen LogP contribution is 2.17. The Morgan fingerprint density at radius 1 is 1.45 bits per heavy atom. The summed E-state index contributed by atoms with van der Waals surface area (Å²) in [6, 6.07) is 4.26. The molecule has 20 heavy (non-hydrogen) atoms. The molecule has 8 nitrogen and oxygen atoms in total. The number of hydrogen-bond donors (Lipinski definition) is 3. The number of tetrazole rings is 1. The van der Waals surface area contributed by atoms with Crippen LogP contribution in [0, 0.1) is 6.92 Å². The number of nitrogens with one attached hydrogen (secondary N) is 2. The monoisotopic (exact) mass is 296 g/mol. The summed E-state index contributed by atoms with van der Waals surface area (Å²) < 4.78 is 27.1. The third-order valence-electron chi connectivity index (χ3n) is 2.93. The normalized spacial score (nSPS) is 13.3. The number of rotatable bonds is 5.